The maximum atomic E-state index is 12.8. The molecule has 9 nitrogen and oxygen atoms in total. The standard InChI is InChI=1S/C21H23N5O4S/c1-15-9-12-26(13-10-15)31(28,29)18-7-5-16(6-8-18)19-24-21(30-25-19)20(27)23-14-17-4-2-3-11-22-17/h2-8,11,15H,9-10,12-14H2,1H3,(H,23,27). The van der Waals surface area contributed by atoms with Crippen LogP contribution in [0.15, 0.2) is 58.1 Å². The van der Waals surface area contributed by atoms with E-state index in [9.17, 15) is 13.2 Å². The molecule has 1 N–H and O–H groups in total. The molecule has 31 heavy (non-hydrogen) atoms. The molecule has 0 saturated carbocycles. The number of sulfonamides is 1. The van der Waals surface area contributed by atoms with Crippen LogP contribution in [0.4, 0.5) is 0 Å². The van der Waals surface area contributed by atoms with Crippen molar-refractivity contribution < 1.29 is 17.7 Å². The SMILES string of the molecule is CC1CCN(S(=O)(=O)c2ccc(-c3noc(C(=O)NCc4ccccn4)n3)cc2)CC1. The van der Waals surface area contributed by atoms with E-state index in [0.717, 1.165) is 12.8 Å². The van der Waals surface area contributed by atoms with Gasteiger partial charge in [0.1, 0.15) is 0 Å². The number of carbonyl (C=O) groups excluding carboxylic acids is 1. The monoisotopic (exact) mass is 441 g/mol. The first-order valence-corrected chi connectivity index (χ1v) is 11.5. The van der Waals surface area contributed by atoms with E-state index in [4.69, 9.17) is 4.52 Å². The zero-order valence-electron chi connectivity index (χ0n) is 17.1. The van der Waals surface area contributed by atoms with Gasteiger partial charge in [-0.05, 0) is 55.2 Å². The van der Waals surface area contributed by atoms with Crippen molar-refractivity contribution >= 4 is 15.9 Å². The molecule has 0 aliphatic carbocycles. The molecular formula is C21H23N5O4S. The highest BCUT2D eigenvalue weighted by atomic mass is 32.2. The Bertz CT molecular complexity index is 1140. The number of nitrogens with zero attached hydrogens (tertiary/aromatic N) is 4. The van der Waals surface area contributed by atoms with E-state index in [1.807, 2.05) is 6.07 Å². The normalized spacial score (nSPS) is 15.6. The summed E-state index contributed by atoms with van der Waals surface area (Å²) in [6, 6.07) is 11.7. The fourth-order valence-corrected chi connectivity index (χ4v) is 4.80. The summed E-state index contributed by atoms with van der Waals surface area (Å²) in [6.45, 7) is 3.44. The van der Waals surface area contributed by atoms with Gasteiger partial charge in [0.2, 0.25) is 15.8 Å². The molecule has 2 aromatic heterocycles. The lowest BCUT2D eigenvalue weighted by Gasteiger charge is -2.29. The molecule has 0 atom stereocenters. The molecule has 1 fully saturated rings. The summed E-state index contributed by atoms with van der Waals surface area (Å²) in [5.41, 5.74) is 1.26. The number of piperidine rings is 1. The topological polar surface area (TPSA) is 118 Å². The van der Waals surface area contributed by atoms with Crippen LogP contribution in [0.25, 0.3) is 11.4 Å². The van der Waals surface area contributed by atoms with E-state index >= 15 is 0 Å². The number of rotatable bonds is 6. The van der Waals surface area contributed by atoms with Gasteiger partial charge in [-0.3, -0.25) is 9.78 Å². The second-order valence-corrected chi connectivity index (χ2v) is 9.48. The molecule has 4 rings (SSSR count). The van der Waals surface area contributed by atoms with Gasteiger partial charge in [-0.2, -0.15) is 9.29 Å². The third-order valence-corrected chi connectivity index (χ3v) is 7.18. The van der Waals surface area contributed by atoms with Crippen molar-refractivity contribution in [2.75, 3.05) is 13.1 Å². The number of hydrogen-bond acceptors (Lipinski definition) is 7. The maximum Gasteiger partial charge on any atom is 0.316 e. The second-order valence-electron chi connectivity index (χ2n) is 7.54. The van der Waals surface area contributed by atoms with Gasteiger partial charge in [0.25, 0.3) is 0 Å². The summed E-state index contributed by atoms with van der Waals surface area (Å²) in [4.78, 5) is 20.7. The fraction of sp³-hybridized carbons (Fsp3) is 0.333. The lowest BCUT2D eigenvalue weighted by molar-refractivity contribution is 0.0906. The highest BCUT2D eigenvalue weighted by Crippen LogP contribution is 2.25. The molecule has 0 bridgehead atoms. The summed E-state index contributed by atoms with van der Waals surface area (Å²) in [5.74, 6) is 0.0640. The van der Waals surface area contributed by atoms with Gasteiger partial charge in [0.15, 0.2) is 0 Å². The van der Waals surface area contributed by atoms with Crippen molar-refractivity contribution in [2.24, 2.45) is 5.92 Å². The molecule has 1 aliphatic rings. The van der Waals surface area contributed by atoms with E-state index in [1.54, 1.807) is 30.5 Å². The van der Waals surface area contributed by atoms with Crippen LogP contribution < -0.4 is 5.32 Å². The quantitative estimate of drug-likeness (QED) is 0.624. The van der Waals surface area contributed by atoms with Gasteiger partial charge in [-0.1, -0.05) is 18.1 Å². The van der Waals surface area contributed by atoms with Crippen molar-refractivity contribution in [1.29, 1.82) is 0 Å². The number of aromatic nitrogens is 3. The van der Waals surface area contributed by atoms with Gasteiger partial charge >= 0.3 is 11.8 Å². The molecule has 1 amide bonds. The highest BCUT2D eigenvalue weighted by molar-refractivity contribution is 7.89. The molecule has 1 aromatic carbocycles. The smallest absolute Gasteiger partial charge is 0.316 e. The highest BCUT2D eigenvalue weighted by Gasteiger charge is 2.28. The molecule has 0 radical (unpaired) electrons. The Labute approximate surface area is 180 Å². The number of benzene rings is 1. The van der Waals surface area contributed by atoms with Crippen molar-refractivity contribution in [1.82, 2.24) is 24.7 Å². The van der Waals surface area contributed by atoms with Gasteiger partial charge in [-0.15, -0.1) is 0 Å². The molecule has 10 heteroatoms. The number of amides is 1. The number of carbonyl (C=O) groups is 1. The largest absolute Gasteiger partial charge is 0.342 e. The van der Waals surface area contributed by atoms with E-state index in [0.29, 0.717) is 30.3 Å². The van der Waals surface area contributed by atoms with Crippen LogP contribution in [0, 0.1) is 5.92 Å². The first-order valence-electron chi connectivity index (χ1n) is 10.1. The van der Waals surface area contributed by atoms with Crippen molar-refractivity contribution in [2.45, 2.75) is 31.2 Å². The summed E-state index contributed by atoms with van der Waals surface area (Å²) < 4.78 is 32.3. The second kappa shape index (κ2) is 8.94. The first kappa shape index (κ1) is 21.1. The Hall–Kier alpha value is -3.11. The van der Waals surface area contributed by atoms with Gasteiger partial charge < -0.3 is 9.84 Å². The van der Waals surface area contributed by atoms with Crippen molar-refractivity contribution in [3.63, 3.8) is 0 Å². The average Bonchev–Trinajstić information content (AvgIpc) is 3.29. The lowest BCUT2D eigenvalue weighted by Crippen LogP contribution is -2.37. The Morgan fingerprint density at radius 2 is 1.90 bits per heavy atom. The predicted molar refractivity (Wildman–Crippen MR) is 112 cm³/mol. The summed E-state index contributed by atoms with van der Waals surface area (Å²) in [6.07, 6.45) is 3.37. The van der Waals surface area contributed by atoms with Gasteiger partial charge in [0, 0.05) is 24.8 Å². The maximum absolute atomic E-state index is 12.8. The van der Waals surface area contributed by atoms with Crippen molar-refractivity contribution in [3.8, 4) is 11.4 Å². The Balaban J connectivity index is 1.42. The summed E-state index contributed by atoms with van der Waals surface area (Å²) in [5, 5.41) is 6.50. The van der Waals surface area contributed by atoms with E-state index in [1.165, 1.54) is 16.4 Å². The zero-order chi connectivity index (χ0) is 21.8. The number of pyridine rings is 1. The third kappa shape index (κ3) is 4.80. The molecule has 3 aromatic rings. The fourth-order valence-electron chi connectivity index (χ4n) is 3.33. The third-order valence-electron chi connectivity index (χ3n) is 5.27. The molecule has 3 heterocycles. The van der Waals surface area contributed by atoms with Crippen LogP contribution in [0.3, 0.4) is 0 Å². The van der Waals surface area contributed by atoms with Crippen molar-refractivity contribution in [3.05, 3.63) is 60.2 Å². The molecular weight excluding hydrogens is 418 g/mol. The van der Waals surface area contributed by atoms with Gasteiger partial charge in [0.05, 0.1) is 17.1 Å². The minimum atomic E-state index is -3.53. The van der Waals surface area contributed by atoms with Crippen LogP contribution >= 0.6 is 0 Å². The molecule has 1 aliphatic heterocycles. The Morgan fingerprint density at radius 3 is 2.58 bits per heavy atom. The van der Waals surface area contributed by atoms with E-state index < -0.39 is 15.9 Å². The first-order chi connectivity index (χ1) is 14.9. The molecule has 0 spiro atoms. The van der Waals surface area contributed by atoms with Crippen LogP contribution in [-0.2, 0) is 16.6 Å². The minimum Gasteiger partial charge on any atom is -0.342 e. The predicted octanol–water partition coefficient (Wildman–Crippen LogP) is 2.48. The van der Waals surface area contributed by atoms with Crippen LogP contribution in [-0.4, -0.2) is 46.8 Å². The lowest BCUT2D eigenvalue weighted by atomic mass is 10.0. The Kier molecular flexibility index (Phi) is 6.10. The van der Waals surface area contributed by atoms with Crippen LogP contribution in [0.1, 0.15) is 36.1 Å². The van der Waals surface area contributed by atoms with Crippen LogP contribution in [0.2, 0.25) is 0 Å². The number of hydrogen-bond donors (Lipinski definition) is 1. The van der Waals surface area contributed by atoms with E-state index in [2.05, 4.69) is 27.4 Å². The zero-order valence-corrected chi connectivity index (χ0v) is 17.9. The van der Waals surface area contributed by atoms with E-state index in [-0.39, 0.29) is 23.2 Å². The molecule has 162 valence electrons. The summed E-state index contributed by atoms with van der Waals surface area (Å²) in [7, 11) is -3.53. The number of nitrogens with one attached hydrogen (secondary N) is 1. The molecule has 1 saturated heterocycles. The van der Waals surface area contributed by atoms with Gasteiger partial charge in [-0.25, -0.2) is 8.42 Å². The summed E-state index contributed by atoms with van der Waals surface area (Å²) >= 11 is 0. The van der Waals surface area contributed by atoms with Crippen LogP contribution in [0.5, 0.6) is 0 Å². The Morgan fingerprint density at radius 1 is 1.16 bits per heavy atom. The molecule has 0 unspecified atom stereocenters. The average molecular weight is 442 g/mol. The minimum absolute atomic E-state index is 0.176.